The highest BCUT2D eigenvalue weighted by molar-refractivity contribution is 5.25. The van der Waals surface area contributed by atoms with Crippen molar-refractivity contribution in [2.75, 3.05) is 6.61 Å². The molecule has 0 aromatic rings. The molecule has 0 fully saturated rings. The Hall–Kier alpha value is -0.840. The number of hydrogen-bond donors (Lipinski definition) is 3. The Morgan fingerprint density at radius 3 is 2.85 bits per heavy atom. The molecule has 0 aromatic heterocycles. The van der Waals surface area contributed by atoms with Crippen molar-refractivity contribution in [3.8, 4) is 0 Å². The molecule has 0 radical (unpaired) electrons. The molecule has 72 valence electrons. The first-order valence-electron chi connectivity index (χ1n) is 4.23. The number of aliphatic hydroxyl groups is 3. The second-order valence-electron chi connectivity index (χ2n) is 3.35. The van der Waals surface area contributed by atoms with Crippen LogP contribution < -0.4 is 0 Å². The lowest BCUT2D eigenvalue weighted by Crippen LogP contribution is -2.34. The van der Waals surface area contributed by atoms with Gasteiger partial charge in [-0.2, -0.15) is 0 Å². The van der Waals surface area contributed by atoms with Crippen LogP contribution in [0.3, 0.4) is 0 Å². The Balaban J connectivity index is 2.27. The predicted octanol–water partition coefficient (Wildman–Crippen LogP) is -0.626. The smallest absolute Gasteiger partial charge is 0.203 e. The highest BCUT2D eigenvalue weighted by Crippen LogP contribution is 2.38. The zero-order valence-corrected chi connectivity index (χ0v) is 7.00. The molecule has 2 unspecified atom stereocenters. The van der Waals surface area contributed by atoms with Crippen LogP contribution in [-0.4, -0.2) is 34.3 Å². The van der Waals surface area contributed by atoms with Gasteiger partial charge >= 0.3 is 0 Å². The van der Waals surface area contributed by atoms with Crippen molar-refractivity contribution in [3.63, 3.8) is 0 Å². The highest BCUT2D eigenvalue weighted by atomic mass is 16.6. The SMILES string of the molecule is OCC1=CC(O)[C@@H]2C=COC(O)[C@@H]12. The molecule has 0 amide bonds. The molecule has 1 aliphatic carbocycles. The molecule has 0 aromatic carbocycles. The summed E-state index contributed by atoms with van der Waals surface area (Å²) in [6, 6.07) is 0. The lowest BCUT2D eigenvalue weighted by Gasteiger charge is -2.29. The van der Waals surface area contributed by atoms with Gasteiger partial charge in [0.05, 0.1) is 24.9 Å². The van der Waals surface area contributed by atoms with E-state index in [4.69, 9.17) is 9.84 Å². The molecule has 4 atom stereocenters. The minimum absolute atomic E-state index is 0.146. The molecule has 0 spiro atoms. The van der Waals surface area contributed by atoms with E-state index < -0.39 is 12.4 Å². The van der Waals surface area contributed by atoms with Gasteiger partial charge in [-0.1, -0.05) is 6.08 Å². The van der Waals surface area contributed by atoms with E-state index in [1.54, 1.807) is 12.2 Å². The van der Waals surface area contributed by atoms with Crippen molar-refractivity contribution in [2.45, 2.75) is 12.4 Å². The summed E-state index contributed by atoms with van der Waals surface area (Å²) in [7, 11) is 0. The van der Waals surface area contributed by atoms with Gasteiger partial charge in [0.1, 0.15) is 0 Å². The van der Waals surface area contributed by atoms with E-state index in [2.05, 4.69) is 0 Å². The average Bonchev–Trinajstić information content (AvgIpc) is 2.45. The van der Waals surface area contributed by atoms with Crippen LogP contribution in [0.25, 0.3) is 0 Å². The van der Waals surface area contributed by atoms with Crippen molar-refractivity contribution in [1.82, 2.24) is 0 Å². The van der Waals surface area contributed by atoms with Gasteiger partial charge in [-0.15, -0.1) is 0 Å². The van der Waals surface area contributed by atoms with E-state index in [-0.39, 0.29) is 18.4 Å². The Kier molecular flexibility index (Phi) is 2.11. The second-order valence-corrected chi connectivity index (χ2v) is 3.35. The van der Waals surface area contributed by atoms with Gasteiger partial charge in [0, 0.05) is 5.92 Å². The molecule has 4 heteroatoms. The first-order chi connectivity index (χ1) is 6.24. The van der Waals surface area contributed by atoms with Crippen molar-refractivity contribution < 1.29 is 20.1 Å². The fourth-order valence-corrected chi connectivity index (χ4v) is 1.97. The van der Waals surface area contributed by atoms with E-state index in [1.165, 1.54) is 6.26 Å². The maximum absolute atomic E-state index is 9.54. The average molecular weight is 184 g/mol. The molecular formula is C9H12O4. The van der Waals surface area contributed by atoms with Gasteiger partial charge in [0.15, 0.2) is 0 Å². The third kappa shape index (κ3) is 1.27. The van der Waals surface area contributed by atoms with Crippen LogP contribution in [0.15, 0.2) is 24.0 Å². The van der Waals surface area contributed by atoms with Gasteiger partial charge in [0.25, 0.3) is 0 Å². The third-order valence-corrected chi connectivity index (χ3v) is 2.63. The molecular weight excluding hydrogens is 172 g/mol. The number of ether oxygens (including phenoxy) is 1. The van der Waals surface area contributed by atoms with Gasteiger partial charge in [-0.25, -0.2) is 0 Å². The monoisotopic (exact) mass is 184 g/mol. The molecule has 0 saturated carbocycles. The first-order valence-corrected chi connectivity index (χ1v) is 4.23. The van der Waals surface area contributed by atoms with Crippen LogP contribution in [0, 0.1) is 11.8 Å². The van der Waals surface area contributed by atoms with Crippen LogP contribution in [0.1, 0.15) is 0 Å². The van der Waals surface area contributed by atoms with E-state index in [1.807, 2.05) is 0 Å². The molecule has 0 saturated heterocycles. The number of aliphatic hydroxyl groups excluding tert-OH is 3. The molecule has 13 heavy (non-hydrogen) atoms. The standard InChI is InChI=1S/C9H12O4/c10-4-5-3-7(11)6-1-2-13-9(12)8(5)6/h1-3,6-12H,4H2/t6-,7?,8-,9?/m0/s1. The number of rotatable bonds is 1. The van der Waals surface area contributed by atoms with E-state index in [9.17, 15) is 10.2 Å². The maximum atomic E-state index is 9.54. The summed E-state index contributed by atoms with van der Waals surface area (Å²) in [4.78, 5) is 0. The predicted molar refractivity (Wildman–Crippen MR) is 44.4 cm³/mol. The molecule has 1 heterocycles. The quantitative estimate of drug-likeness (QED) is 0.475. The Bertz CT molecular complexity index is 258. The summed E-state index contributed by atoms with van der Waals surface area (Å²) in [5.41, 5.74) is 0.648. The van der Waals surface area contributed by atoms with Crippen molar-refractivity contribution in [3.05, 3.63) is 24.0 Å². The molecule has 2 aliphatic rings. The molecule has 2 rings (SSSR count). The molecule has 4 nitrogen and oxygen atoms in total. The van der Waals surface area contributed by atoms with E-state index >= 15 is 0 Å². The summed E-state index contributed by atoms with van der Waals surface area (Å²) < 4.78 is 4.88. The van der Waals surface area contributed by atoms with Crippen LogP contribution in [-0.2, 0) is 4.74 Å². The fraction of sp³-hybridized carbons (Fsp3) is 0.556. The molecule has 0 bridgehead atoms. The maximum Gasteiger partial charge on any atom is 0.203 e. The zero-order valence-electron chi connectivity index (χ0n) is 7.00. The lowest BCUT2D eigenvalue weighted by atomic mass is 9.88. The fourth-order valence-electron chi connectivity index (χ4n) is 1.97. The van der Waals surface area contributed by atoms with Crippen LogP contribution in [0.5, 0.6) is 0 Å². The first kappa shape index (κ1) is 8.74. The van der Waals surface area contributed by atoms with Gasteiger partial charge < -0.3 is 20.1 Å². The largest absolute Gasteiger partial charge is 0.472 e. The Morgan fingerprint density at radius 1 is 1.38 bits per heavy atom. The summed E-state index contributed by atoms with van der Waals surface area (Å²) >= 11 is 0. The van der Waals surface area contributed by atoms with Crippen molar-refractivity contribution in [2.24, 2.45) is 11.8 Å². The topological polar surface area (TPSA) is 69.9 Å². The Morgan fingerprint density at radius 2 is 2.15 bits per heavy atom. The summed E-state index contributed by atoms with van der Waals surface area (Å²) in [5.74, 6) is -0.462. The second kappa shape index (κ2) is 3.14. The van der Waals surface area contributed by atoms with E-state index in [0.29, 0.717) is 5.57 Å². The molecule has 1 aliphatic heterocycles. The normalized spacial score (nSPS) is 42.5. The van der Waals surface area contributed by atoms with Gasteiger partial charge in [-0.05, 0) is 11.6 Å². The zero-order chi connectivity index (χ0) is 9.42. The third-order valence-electron chi connectivity index (χ3n) is 2.63. The summed E-state index contributed by atoms with van der Waals surface area (Å²) in [6.07, 6.45) is 3.11. The molecule has 3 N–H and O–H groups in total. The van der Waals surface area contributed by atoms with E-state index in [0.717, 1.165) is 0 Å². The van der Waals surface area contributed by atoms with Gasteiger partial charge in [0.2, 0.25) is 6.29 Å². The minimum atomic E-state index is -0.953. The number of hydrogen-bond acceptors (Lipinski definition) is 4. The Labute approximate surface area is 75.8 Å². The van der Waals surface area contributed by atoms with Gasteiger partial charge in [-0.3, -0.25) is 0 Å². The number of fused-ring (bicyclic) bond motifs is 1. The van der Waals surface area contributed by atoms with Crippen molar-refractivity contribution in [1.29, 1.82) is 0 Å². The highest BCUT2D eigenvalue weighted by Gasteiger charge is 2.41. The van der Waals surface area contributed by atoms with Crippen LogP contribution in [0.2, 0.25) is 0 Å². The summed E-state index contributed by atoms with van der Waals surface area (Å²) in [5, 5.41) is 28.0. The van der Waals surface area contributed by atoms with Crippen molar-refractivity contribution >= 4 is 0 Å². The minimum Gasteiger partial charge on any atom is -0.472 e. The lowest BCUT2D eigenvalue weighted by molar-refractivity contribution is -0.108. The van der Waals surface area contributed by atoms with Crippen LogP contribution >= 0.6 is 0 Å². The van der Waals surface area contributed by atoms with Crippen LogP contribution in [0.4, 0.5) is 0 Å². The summed E-state index contributed by atoms with van der Waals surface area (Å²) in [6.45, 7) is -0.146.